The van der Waals surface area contributed by atoms with E-state index in [4.69, 9.17) is 18.9 Å². The number of piperazine rings is 1. The van der Waals surface area contributed by atoms with Crippen molar-refractivity contribution in [2.75, 3.05) is 104 Å². The number of hydrogen-bond acceptors (Lipinski definition) is 14. The van der Waals surface area contributed by atoms with Crippen molar-refractivity contribution in [1.29, 1.82) is 0 Å². The molecule has 20 nitrogen and oxygen atoms in total. The molecule has 3 atom stereocenters. The number of benzene rings is 2. The molecule has 7 rings (SSSR count). The summed E-state index contributed by atoms with van der Waals surface area (Å²) in [5, 5.41) is 22.1. The van der Waals surface area contributed by atoms with Crippen molar-refractivity contribution in [3.05, 3.63) is 93.1 Å². The van der Waals surface area contributed by atoms with Gasteiger partial charge in [-0.15, -0.1) is 11.3 Å². The smallest absolute Gasteiger partial charge is 0.256 e. The molecule has 6 amide bonds. The predicted octanol–water partition coefficient (Wildman–Crippen LogP) is 4.62. The summed E-state index contributed by atoms with van der Waals surface area (Å²) >= 11 is 1.57. The number of halogens is 1. The number of aliphatic hydroxyl groups is 1. The minimum absolute atomic E-state index is 0.0103. The number of thiazole rings is 1. The number of hydrogen-bond donors (Lipinski definition) is 6. The van der Waals surface area contributed by atoms with Crippen LogP contribution in [0.2, 0.25) is 0 Å². The molecule has 0 bridgehead atoms. The Hall–Kier alpha value is -6.40. The summed E-state index contributed by atoms with van der Waals surface area (Å²) in [4.78, 5) is 93.2. The maximum Gasteiger partial charge on any atom is 0.256 e. The van der Waals surface area contributed by atoms with E-state index in [9.17, 15) is 38.3 Å². The van der Waals surface area contributed by atoms with Gasteiger partial charge in [-0.3, -0.25) is 33.7 Å². The average Bonchev–Trinajstić information content (AvgIpc) is 4.24. The first kappa shape index (κ1) is 60.2. The second-order valence-corrected chi connectivity index (χ2v) is 21.9. The van der Waals surface area contributed by atoms with Crippen LogP contribution in [0.5, 0.6) is 0 Å². The number of rotatable bonds is 27. The van der Waals surface area contributed by atoms with Crippen LogP contribution in [0.1, 0.15) is 90.6 Å². The van der Waals surface area contributed by atoms with Gasteiger partial charge in [-0.1, -0.05) is 45.0 Å². The number of anilines is 1. The summed E-state index contributed by atoms with van der Waals surface area (Å²) < 4.78 is 36.3. The van der Waals surface area contributed by atoms with E-state index in [-0.39, 0.29) is 81.7 Å². The summed E-state index contributed by atoms with van der Waals surface area (Å²) in [5.41, 5.74) is 7.85. The zero-order valence-corrected chi connectivity index (χ0v) is 47.0. The Kier molecular flexibility index (Phi) is 21.9. The molecule has 79 heavy (non-hydrogen) atoms. The van der Waals surface area contributed by atoms with E-state index in [1.165, 1.54) is 23.1 Å². The fraction of sp³-hybridized carbons (Fsp3) is 0.526. The van der Waals surface area contributed by atoms with E-state index in [0.717, 1.165) is 47.8 Å². The number of aliphatic hydroxyl groups excluding tert-OH is 1. The van der Waals surface area contributed by atoms with E-state index < -0.39 is 35.3 Å². The van der Waals surface area contributed by atoms with Gasteiger partial charge in [0.1, 0.15) is 17.9 Å². The molecular weight excluding hydrogens is 1040 g/mol. The second kappa shape index (κ2) is 28.7. The first-order valence-electron chi connectivity index (χ1n) is 27.0. The lowest BCUT2D eigenvalue weighted by atomic mass is 9.85. The van der Waals surface area contributed by atoms with Gasteiger partial charge in [0.2, 0.25) is 23.6 Å². The Labute approximate surface area is 465 Å². The van der Waals surface area contributed by atoms with E-state index in [0.29, 0.717) is 92.0 Å². The van der Waals surface area contributed by atoms with Crippen molar-refractivity contribution in [3.63, 3.8) is 0 Å². The third kappa shape index (κ3) is 16.8. The van der Waals surface area contributed by atoms with Crippen LogP contribution in [-0.2, 0) is 49.5 Å². The quantitative estimate of drug-likeness (QED) is 0.0353. The summed E-state index contributed by atoms with van der Waals surface area (Å²) in [6.07, 6.45) is 1.90. The third-order valence-corrected chi connectivity index (χ3v) is 15.2. The van der Waals surface area contributed by atoms with Crippen molar-refractivity contribution >= 4 is 64.1 Å². The zero-order valence-electron chi connectivity index (χ0n) is 46.2. The van der Waals surface area contributed by atoms with E-state index >= 15 is 0 Å². The van der Waals surface area contributed by atoms with Crippen LogP contribution in [0, 0.1) is 32.0 Å². The SMILES string of the molecule is Cc1ncsc1-c1ccc(CNC(=O)[C@@H]2C[C@@H](O)CN2C(=O)[C@@H](NC(=O)CCOCCOCCOCCOCCC(=O)N2CCN(CCCNC(=O)c3c(C)[nH]c(/C=C4\C(=O)Nc5ccc(F)cc54)c3C)CC2)C(C)(C)C)cc1. The number of amides is 6. The number of ether oxygens (including phenoxy) is 4. The molecule has 0 saturated carbocycles. The molecule has 0 aliphatic carbocycles. The molecule has 4 aromatic rings. The van der Waals surface area contributed by atoms with Crippen LogP contribution in [0.25, 0.3) is 22.1 Å². The van der Waals surface area contributed by atoms with Gasteiger partial charge in [0.05, 0.1) is 92.6 Å². The summed E-state index contributed by atoms with van der Waals surface area (Å²) in [7, 11) is 0. The lowest BCUT2D eigenvalue weighted by molar-refractivity contribution is -0.144. The number of carbonyl (C=O) groups excluding carboxylic acids is 6. The largest absolute Gasteiger partial charge is 0.391 e. The number of nitrogens with one attached hydrogen (secondary N) is 5. The van der Waals surface area contributed by atoms with Crippen LogP contribution in [0.15, 0.2) is 48.0 Å². The van der Waals surface area contributed by atoms with Gasteiger partial charge in [-0.2, -0.15) is 0 Å². The summed E-state index contributed by atoms with van der Waals surface area (Å²) in [6, 6.07) is 10.2. The van der Waals surface area contributed by atoms with Gasteiger partial charge in [-0.25, -0.2) is 9.37 Å². The number of likely N-dealkylation sites (tertiary alicyclic amines) is 1. The molecule has 3 aliphatic rings. The minimum atomic E-state index is -0.943. The van der Waals surface area contributed by atoms with Gasteiger partial charge in [0.25, 0.3) is 11.8 Å². The lowest BCUT2D eigenvalue weighted by Crippen LogP contribution is -2.57. The number of aryl methyl sites for hydroxylation is 2. The molecule has 2 aromatic heterocycles. The second-order valence-electron chi connectivity index (χ2n) is 21.1. The molecule has 22 heteroatoms. The predicted molar refractivity (Wildman–Crippen MR) is 297 cm³/mol. The topological polar surface area (TPSA) is 246 Å². The fourth-order valence-electron chi connectivity index (χ4n) is 9.78. The highest BCUT2D eigenvalue weighted by molar-refractivity contribution is 7.13. The van der Waals surface area contributed by atoms with Crippen molar-refractivity contribution in [1.82, 2.24) is 40.6 Å². The molecule has 2 aromatic carbocycles. The normalized spacial score (nSPS) is 17.5. The van der Waals surface area contributed by atoms with Gasteiger partial charge >= 0.3 is 0 Å². The maximum atomic E-state index is 14.0. The molecule has 0 unspecified atom stereocenters. The molecule has 6 N–H and O–H groups in total. The molecule has 2 saturated heterocycles. The van der Waals surface area contributed by atoms with Crippen LogP contribution < -0.4 is 21.3 Å². The lowest BCUT2D eigenvalue weighted by Gasteiger charge is -2.35. The van der Waals surface area contributed by atoms with Gasteiger partial charge in [0, 0.05) is 81.3 Å². The van der Waals surface area contributed by atoms with Crippen LogP contribution >= 0.6 is 11.3 Å². The molecule has 0 radical (unpaired) electrons. The zero-order chi connectivity index (χ0) is 56.6. The standard InChI is InChI=1S/C57H76FN9O11S/c1-36-46(32-44-43-30-41(58)12-13-45(43)63-53(44)71)62-37(2)50(36)55(73)59-16-7-17-65-18-20-66(21-19-65)49(70)15-23-76-25-27-78-29-28-77-26-24-75-22-14-48(69)64-52(57(4,5)6)56(74)67-34-42(68)31-47(67)54(72)60-33-39-8-10-40(11-9-39)51-38(3)61-35-79-51/h8-13,30,32,35,42,47,52,62,68H,7,14-29,31,33-34H2,1-6H3,(H,59,73)(H,60,72)(H,63,71)(H,64,69)/b44-32-/t42-,47+,52-/m1/s1. The number of aromatic nitrogens is 2. The van der Waals surface area contributed by atoms with E-state index in [2.05, 4.69) is 36.1 Å². The van der Waals surface area contributed by atoms with Crippen molar-refractivity contribution in [2.24, 2.45) is 5.41 Å². The molecule has 3 aliphatic heterocycles. The molecule has 0 spiro atoms. The molecule has 5 heterocycles. The number of nitrogens with zero attached hydrogens (tertiary/aromatic N) is 4. The van der Waals surface area contributed by atoms with E-state index in [1.807, 2.05) is 69.3 Å². The Morgan fingerprint density at radius 1 is 0.886 bits per heavy atom. The first-order valence-corrected chi connectivity index (χ1v) is 27.9. The molecule has 428 valence electrons. The highest BCUT2D eigenvalue weighted by Crippen LogP contribution is 2.35. The number of carbonyl (C=O) groups is 6. The first-order chi connectivity index (χ1) is 37.9. The molecular formula is C57H76FN9O11S. The highest BCUT2D eigenvalue weighted by atomic mass is 32.1. The average molecular weight is 1110 g/mol. The Morgan fingerprint density at radius 3 is 2.19 bits per heavy atom. The molecule has 2 fully saturated rings. The Balaban J connectivity index is 0.676. The fourth-order valence-corrected chi connectivity index (χ4v) is 10.6. The summed E-state index contributed by atoms with van der Waals surface area (Å²) in [5.74, 6) is -2.13. The maximum absolute atomic E-state index is 14.0. The van der Waals surface area contributed by atoms with Crippen LogP contribution in [-0.4, -0.2) is 182 Å². The number of H-pyrrole nitrogens is 1. The Bertz CT molecular complexity index is 2790. The van der Waals surface area contributed by atoms with Crippen LogP contribution in [0.3, 0.4) is 0 Å². The third-order valence-electron chi connectivity index (χ3n) is 14.2. The van der Waals surface area contributed by atoms with Gasteiger partial charge < -0.3 is 60.1 Å². The van der Waals surface area contributed by atoms with Gasteiger partial charge in [-0.05, 0) is 80.1 Å². The monoisotopic (exact) mass is 1110 g/mol. The van der Waals surface area contributed by atoms with Gasteiger partial charge in [0.15, 0.2) is 0 Å². The van der Waals surface area contributed by atoms with Crippen molar-refractivity contribution in [3.8, 4) is 10.4 Å². The minimum Gasteiger partial charge on any atom is -0.391 e. The summed E-state index contributed by atoms with van der Waals surface area (Å²) in [6.45, 7) is 17.6. The number of fused-ring (bicyclic) bond motifs is 1. The number of aromatic amines is 1. The Morgan fingerprint density at radius 2 is 1.54 bits per heavy atom. The van der Waals surface area contributed by atoms with E-state index in [1.54, 1.807) is 24.3 Å². The number of β-amino-alcohol motifs (C(OH)–C–C–N with tert-alkyl or cyclic N) is 1. The van der Waals surface area contributed by atoms with Crippen LogP contribution in [0.4, 0.5) is 10.1 Å². The van der Waals surface area contributed by atoms with Crippen molar-refractivity contribution in [2.45, 2.75) is 92.0 Å². The highest BCUT2D eigenvalue weighted by Gasteiger charge is 2.44. The van der Waals surface area contributed by atoms with Crippen molar-refractivity contribution < 1.29 is 57.2 Å².